The van der Waals surface area contributed by atoms with Gasteiger partial charge in [0.25, 0.3) is 5.91 Å². The predicted molar refractivity (Wildman–Crippen MR) is 94.7 cm³/mol. The Labute approximate surface area is 152 Å². The van der Waals surface area contributed by atoms with E-state index in [0.717, 1.165) is 24.2 Å². The van der Waals surface area contributed by atoms with Crippen molar-refractivity contribution < 1.29 is 23.4 Å². The van der Waals surface area contributed by atoms with Crippen LogP contribution in [0.5, 0.6) is 11.5 Å². The fourth-order valence-corrected chi connectivity index (χ4v) is 4.15. The van der Waals surface area contributed by atoms with Crippen molar-refractivity contribution >= 4 is 5.91 Å². The first-order chi connectivity index (χ1) is 12.7. The SMILES string of the molecule is COc1cc2c(cc1OC)C1(CCOCC1)CN(C(=O)c1ccco1)C2. The molecule has 138 valence electrons. The number of carbonyl (C=O) groups excluding carboxylic acids is 1. The van der Waals surface area contributed by atoms with Gasteiger partial charge in [-0.05, 0) is 48.2 Å². The van der Waals surface area contributed by atoms with E-state index in [1.54, 1.807) is 26.4 Å². The van der Waals surface area contributed by atoms with Crippen LogP contribution in [0.2, 0.25) is 0 Å². The summed E-state index contributed by atoms with van der Waals surface area (Å²) in [5.41, 5.74) is 2.20. The van der Waals surface area contributed by atoms with Gasteiger partial charge in [-0.1, -0.05) is 0 Å². The summed E-state index contributed by atoms with van der Waals surface area (Å²) in [7, 11) is 3.28. The molecule has 2 aliphatic heterocycles. The van der Waals surface area contributed by atoms with E-state index in [0.29, 0.717) is 37.8 Å². The zero-order valence-corrected chi connectivity index (χ0v) is 15.1. The largest absolute Gasteiger partial charge is 0.493 e. The fourth-order valence-electron chi connectivity index (χ4n) is 4.15. The molecule has 1 amide bonds. The number of carbonyl (C=O) groups is 1. The van der Waals surface area contributed by atoms with Crippen LogP contribution in [-0.4, -0.2) is 44.8 Å². The van der Waals surface area contributed by atoms with Crippen LogP contribution >= 0.6 is 0 Å². The summed E-state index contributed by atoms with van der Waals surface area (Å²) < 4.78 is 21.9. The van der Waals surface area contributed by atoms with Crippen LogP contribution in [0.1, 0.15) is 34.5 Å². The van der Waals surface area contributed by atoms with Crippen molar-refractivity contribution in [3.05, 3.63) is 47.4 Å². The van der Waals surface area contributed by atoms with Crippen molar-refractivity contribution in [3.63, 3.8) is 0 Å². The van der Waals surface area contributed by atoms with Crippen molar-refractivity contribution in [1.29, 1.82) is 0 Å². The quantitative estimate of drug-likeness (QED) is 0.845. The summed E-state index contributed by atoms with van der Waals surface area (Å²) in [4.78, 5) is 14.8. The minimum atomic E-state index is -0.131. The van der Waals surface area contributed by atoms with Gasteiger partial charge in [0.2, 0.25) is 0 Å². The molecule has 1 aromatic carbocycles. The number of nitrogens with zero attached hydrogens (tertiary/aromatic N) is 1. The lowest BCUT2D eigenvalue weighted by atomic mass is 9.69. The summed E-state index contributed by atoms with van der Waals surface area (Å²) in [6.07, 6.45) is 3.28. The van der Waals surface area contributed by atoms with E-state index in [4.69, 9.17) is 18.6 Å². The topological polar surface area (TPSA) is 61.1 Å². The molecule has 0 aliphatic carbocycles. The Morgan fingerprint density at radius 1 is 1.15 bits per heavy atom. The number of amides is 1. The van der Waals surface area contributed by atoms with E-state index < -0.39 is 0 Å². The molecule has 2 aliphatic rings. The molecular formula is C20H23NO5. The van der Waals surface area contributed by atoms with E-state index in [2.05, 4.69) is 6.07 Å². The van der Waals surface area contributed by atoms with Crippen LogP contribution in [0, 0.1) is 0 Å². The van der Waals surface area contributed by atoms with E-state index in [-0.39, 0.29) is 11.3 Å². The minimum absolute atomic E-state index is 0.0821. The number of hydrogen-bond donors (Lipinski definition) is 0. The van der Waals surface area contributed by atoms with Gasteiger partial charge in [-0.15, -0.1) is 0 Å². The molecule has 0 atom stereocenters. The van der Waals surface area contributed by atoms with Crippen molar-refractivity contribution in [3.8, 4) is 11.5 Å². The Hall–Kier alpha value is -2.47. The lowest BCUT2D eigenvalue weighted by Crippen LogP contribution is -2.50. The standard InChI is InChI=1S/C20H23NO5/c1-23-17-10-14-12-21(19(22)16-4-3-7-26-16)13-20(5-8-25-9-6-20)15(14)11-18(17)24-2/h3-4,7,10-11H,5-6,8-9,12-13H2,1-2H3. The molecule has 4 rings (SSSR count). The number of rotatable bonds is 3. The summed E-state index contributed by atoms with van der Waals surface area (Å²) in [6, 6.07) is 7.52. The second kappa shape index (κ2) is 6.68. The third kappa shape index (κ3) is 2.74. The maximum absolute atomic E-state index is 12.9. The van der Waals surface area contributed by atoms with E-state index in [1.807, 2.05) is 11.0 Å². The van der Waals surface area contributed by atoms with Crippen LogP contribution in [0.25, 0.3) is 0 Å². The van der Waals surface area contributed by atoms with Gasteiger partial charge in [-0.3, -0.25) is 4.79 Å². The van der Waals surface area contributed by atoms with Gasteiger partial charge in [0.05, 0.1) is 20.5 Å². The highest BCUT2D eigenvalue weighted by molar-refractivity contribution is 5.91. The van der Waals surface area contributed by atoms with Crippen LogP contribution in [0.15, 0.2) is 34.9 Å². The number of furan rings is 1. The summed E-state index contributed by atoms with van der Waals surface area (Å²) >= 11 is 0. The number of benzene rings is 1. The lowest BCUT2D eigenvalue weighted by molar-refractivity contribution is 0.0226. The molecule has 6 nitrogen and oxygen atoms in total. The first kappa shape index (κ1) is 17.0. The van der Waals surface area contributed by atoms with Crippen LogP contribution in [0.4, 0.5) is 0 Å². The predicted octanol–water partition coefficient (Wildman–Crippen LogP) is 3.00. The highest BCUT2D eigenvalue weighted by Crippen LogP contribution is 2.45. The number of fused-ring (bicyclic) bond motifs is 2. The molecule has 1 spiro atoms. The highest BCUT2D eigenvalue weighted by Gasteiger charge is 2.43. The molecule has 6 heteroatoms. The van der Waals surface area contributed by atoms with Gasteiger partial charge in [-0.25, -0.2) is 0 Å². The summed E-state index contributed by atoms with van der Waals surface area (Å²) in [5, 5.41) is 0. The Kier molecular flexibility index (Phi) is 4.36. The molecule has 26 heavy (non-hydrogen) atoms. The number of hydrogen-bond acceptors (Lipinski definition) is 5. The number of methoxy groups -OCH3 is 2. The highest BCUT2D eigenvalue weighted by atomic mass is 16.5. The lowest BCUT2D eigenvalue weighted by Gasteiger charge is -2.46. The summed E-state index contributed by atoms with van der Waals surface area (Å²) in [6.45, 7) is 2.56. The maximum atomic E-state index is 12.9. The molecule has 0 bridgehead atoms. The molecule has 2 aromatic rings. The van der Waals surface area contributed by atoms with Gasteiger partial charge in [-0.2, -0.15) is 0 Å². The van der Waals surface area contributed by atoms with Gasteiger partial charge < -0.3 is 23.5 Å². The van der Waals surface area contributed by atoms with Crippen molar-refractivity contribution in [1.82, 2.24) is 4.90 Å². The zero-order valence-electron chi connectivity index (χ0n) is 15.1. The number of ether oxygens (including phenoxy) is 3. The molecule has 0 radical (unpaired) electrons. The van der Waals surface area contributed by atoms with Crippen molar-refractivity contribution in [2.24, 2.45) is 0 Å². The molecule has 1 aromatic heterocycles. The van der Waals surface area contributed by atoms with Crippen LogP contribution in [0.3, 0.4) is 0 Å². The van der Waals surface area contributed by atoms with Gasteiger partial charge >= 0.3 is 0 Å². The first-order valence-electron chi connectivity index (χ1n) is 8.83. The van der Waals surface area contributed by atoms with E-state index >= 15 is 0 Å². The second-order valence-electron chi connectivity index (χ2n) is 6.90. The molecule has 0 N–H and O–H groups in total. The van der Waals surface area contributed by atoms with Gasteiger partial charge in [0.15, 0.2) is 17.3 Å². The van der Waals surface area contributed by atoms with Gasteiger partial charge in [0.1, 0.15) is 0 Å². The Bertz CT molecular complexity index is 793. The fraction of sp³-hybridized carbons (Fsp3) is 0.450. The third-order valence-electron chi connectivity index (χ3n) is 5.50. The van der Waals surface area contributed by atoms with E-state index in [9.17, 15) is 4.79 Å². The smallest absolute Gasteiger partial charge is 0.289 e. The van der Waals surface area contributed by atoms with Crippen molar-refractivity contribution in [2.75, 3.05) is 34.0 Å². The zero-order chi connectivity index (χ0) is 18.1. The molecule has 3 heterocycles. The summed E-state index contributed by atoms with van der Waals surface area (Å²) in [5.74, 6) is 1.70. The van der Waals surface area contributed by atoms with Crippen molar-refractivity contribution in [2.45, 2.75) is 24.8 Å². The minimum Gasteiger partial charge on any atom is -0.493 e. The molecule has 0 unspecified atom stereocenters. The second-order valence-corrected chi connectivity index (χ2v) is 6.90. The average molecular weight is 357 g/mol. The Morgan fingerprint density at radius 3 is 2.54 bits per heavy atom. The normalized spacial score (nSPS) is 18.5. The average Bonchev–Trinajstić information content (AvgIpc) is 3.21. The first-order valence-corrected chi connectivity index (χ1v) is 8.83. The third-order valence-corrected chi connectivity index (χ3v) is 5.50. The molecule has 1 fully saturated rings. The Morgan fingerprint density at radius 2 is 1.88 bits per heavy atom. The molecule has 0 saturated carbocycles. The Balaban J connectivity index is 1.78. The monoisotopic (exact) mass is 357 g/mol. The van der Waals surface area contributed by atoms with Crippen LogP contribution in [-0.2, 0) is 16.7 Å². The van der Waals surface area contributed by atoms with E-state index in [1.165, 1.54) is 11.8 Å². The molecule has 1 saturated heterocycles. The molecular weight excluding hydrogens is 334 g/mol. The van der Waals surface area contributed by atoms with Crippen LogP contribution < -0.4 is 9.47 Å². The maximum Gasteiger partial charge on any atom is 0.289 e. The van der Waals surface area contributed by atoms with Gasteiger partial charge in [0, 0.05) is 31.7 Å².